The van der Waals surface area contributed by atoms with Gasteiger partial charge in [0.2, 0.25) is 10.0 Å². The molecule has 6 nitrogen and oxygen atoms in total. The van der Waals surface area contributed by atoms with Crippen molar-refractivity contribution in [2.75, 3.05) is 0 Å². The Balaban J connectivity index is 1.85. The van der Waals surface area contributed by atoms with E-state index < -0.39 is 21.9 Å². The Morgan fingerprint density at radius 3 is 2.62 bits per heavy atom. The van der Waals surface area contributed by atoms with E-state index in [2.05, 4.69) is 35.0 Å². The van der Waals surface area contributed by atoms with Gasteiger partial charge in [0.05, 0.1) is 10.8 Å². The number of hydrogen-bond donors (Lipinski definition) is 1. The van der Waals surface area contributed by atoms with Crippen molar-refractivity contribution in [1.82, 2.24) is 14.3 Å². The summed E-state index contributed by atoms with van der Waals surface area (Å²) in [6.45, 7) is 8.81. The van der Waals surface area contributed by atoms with E-state index in [0.29, 0.717) is 41.5 Å². The summed E-state index contributed by atoms with van der Waals surface area (Å²) < 4.78 is 45.1. The third-order valence-corrected chi connectivity index (χ3v) is 7.63. The molecule has 2 aromatic heterocycles. The van der Waals surface area contributed by atoms with Crippen LogP contribution in [-0.4, -0.2) is 23.2 Å². The SMILES string of the molecule is CC(NS(=O)(=O)C1CC1)c1cn(CC(C)(C)C)c2cc(-c3cncc(C#N)c3)c(F)cc12. The van der Waals surface area contributed by atoms with Crippen LogP contribution in [0.1, 0.15) is 57.7 Å². The van der Waals surface area contributed by atoms with Gasteiger partial charge in [0.1, 0.15) is 11.9 Å². The molecule has 1 aliphatic rings. The molecule has 0 spiro atoms. The summed E-state index contributed by atoms with van der Waals surface area (Å²) in [7, 11) is -3.39. The van der Waals surface area contributed by atoms with Gasteiger partial charge in [-0.05, 0) is 48.9 Å². The average molecular weight is 455 g/mol. The zero-order chi connectivity index (χ0) is 23.3. The minimum atomic E-state index is -3.39. The highest BCUT2D eigenvalue weighted by atomic mass is 32.2. The van der Waals surface area contributed by atoms with Crippen LogP contribution >= 0.6 is 0 Å². The molecule has 0 radical (unpaired) electrons. The lowest BCUT2D eigenvalue weighted by molar-refractivity contribution is 0.349. The molecule has 2 heterocycles. The van der Waals surface area contributed by atoms with Gasteiger partial charge in [-0.2, -0.15) is 5.26 Å². The van der Waals surface area contributed by atoms with Gasteiger partial charge in [-0.1, -0.05) is 20.8 Å². The molecule has 0 amide bonds. The zero-order valence-electron chi connectivity index (χ0n) is 18.7. The van der Waals surface area contributed by atoms with Crippen LogP contribution in [0, 0.1) is 22.6 Å². The van der Waals surface area contributed by atoms with Crippen molar-refractivity contribution in [1.29, 1.82) is 5.26 Å². The number of nitriles is 1. The fraction of sp³-hybridized carbons (Fsp3) is 0.417. The summed E-state index contributed by atoms with van der Waals surface area (Å²) in [5, 5.41) is 9.53. The third-order valence-electron chi connectivity index (χ3n) is 5.59. The minimum absolute atomic E-state index is 0.0448. The van der Waals surface area contributed by atoms with Crippen molar-refractivity contribution in [3.63, 3.8) is 0 Å². The summed E-state index contributed by atoms with van der Waals surface area (Å²) in [4.78, 5) is 4.06. The fourth-order valence-corrected chi connectivity index (χ4v) is 5.55. The predicted octanol–water partition coefficient (Wildman–Crippen LogP) is 4.90. The maximum absolute atomic E-state index is 15.2. The lowest BCUT2D eigenvalue weighted by Gasteiger charge is -2.20. The van der Waals surface area contributed by atoms with Crippen molar-refractivity contribution in [2.24, 2.45) is 5.41 Å². The van der Waals surface area contributed by atoms with Gasteiger partial charge in [-0.25, -0.2) is 17.5 Å². The second-order valence-corrected chi connectivity index (χ2v) is 11.8. The maximum atomic E-state index is 15.2. The largest absolute Gasteiger partial charge is 0.347 e. The molecule has 0 bridgehead atoms. The van der Waals surface area contributed by atoms with E-state index >= 15 is 4.39 Å². The Bertz CT molecular complexity index is 1330. The van der Waals surface area contributed by atoms with E-state index in [1.54, 1.807) is 19.1 Å². The van der Waals surface area contributed by atoms with Gasteiger partial charge < -0.3 is 4.57 Å². The molecule has 0 aliphatic heterocycles. The quantitative estimate of drug-likeness (QED) is 0.574. The first-order valence-electron chi connectivity index (χ1n) is 10.7. The molecule has 4 rings (SSSR count). The highest BCUT2D eigenvalue weighted by Crippen LogP contribution is 2.36. The molecular weight excluding hydrogens is 427 g/mol. The molecule has 1 N–H and O–H groups in total. The molecule has 8 heteroatoms. The van der Waals surface area contributed by atoms with E-state index in [0.717, 1.165) is 11.1 Å². The van der Waals surface area contributed by atoms with Gasteiger partial charge in [0.25, 0.3) is 0 Å². The Morgan fingerprint density at radius 2 is 2.00 bits per heavy atom. The van der Waals surface area contributed by atoms with Crippen LogP contribution in [-0.2, 0) is 16.6 Å². The van der Waals surface area contributed by atoms with Crippen LogP contribution < -0.4 is 4.72 Å². The number of rotatable bonds is 6. The van der Waals surface area contributed by atoms with Crippen molar-refractivity contribution in [2.45, 2.75) is 58.4 Å². The van der Waals surface area contributed by atoms with E-state index in [4.69, 9.17) is 0 Å². The fourth-order valence-electron chi connectivity index (χ4n) is 3.98. The normalized spacial score (nSPS) is 15.6. The van der Waals surface area contributed by atoms with Gasteiger partial charge in [0, 0.05) is 53.2 Å². The molecule has 1 aliphatic carbocycles. The highest BCUT2D eigenvalue weighted by molar-refractivity contribution is 7.90. The minimum Gasteiger partial charge on any atom is -0.347 e. The Hall–Kier alpha value is -2.76. The number of halogens is 1. The van der Waals surface area contributed by atoms with Gasteiger partial charge in [-0.3, -0.25) is 4.98 Å². The summed E-state index contributed by atoms with van der Waals surface area (Å²) in [6.07, 6.45) is 6.26. The molecule has 1 fully saturated rings. The molecule has 3 aromatic rings. The maximum Gasteiger partial charge on any atom is 0.215 e. The number of benzene rings is 1. The molecule has 1 unspecified atom stereocenters. The van der Waals surface area contributed by atoms with Crippen LogP contribution in [0.5, 0.6) is 0 Å². The van der Waals surface area contributed by atoms with E-state index in [1.165, 1.54) is 18.5 Å². The molecule has 1 saturated carbocycles. The molecule has 168 valence electrons. The van der Waals surface area contributed by atoms with Crippen LogP contribution in [0.25, 0.3) is 22.0 Å². The smallest absolute Gasteiger partial charge is 0.215 e. The van der Waals surface area contributed by atoms with E-state index in [-0.39, 0.29) is 10.7 Å². The first kappa shape index (κ1) is 22.4. The number of aromatic nitrogens is 2. The number of sulfonamides is 1. The Labute approximate surface area is 188 Å². The Kier molecular flexibility index (Phi) is 5.60. The van der Waals surface area contributed by atoms with E-state index in [1.807, 2.05) is 12.3 Å². The first-order chi connectivity index (χ1) is 15.0. The predicted molar refractivity (Wildman–Crippen MR) is 123 cm³/mol. The highest BCUT2D eigenvalue weighted by Gasteiger charge is 2.37. The average Bonchev–Trinajstić information content (AvgIpc) is 3.51. The Morgan fingerprint density at radius 1 is 1.28 bits per heavy atom. The van der Waals surface area contributed by atoms with Crippen LogP contribution in [0.4, 0.5) is 4.39 Å². The van der Waals surface area contributed by atoms with E-state index in [9.17, 15) is 13.7 Å². The standard InChI is InChI=1S/C24H27FN4O2S/c1-15(28-32(30,31)18-5-6-18)21-13-29(14-24(2,3)4)23-9-19(22(25)8-20(21)23)17-7-16(10-26)11-27-12-17/h7-9,11-13,15,18,28H,5-6,14H2,1-4H3. The summed E-state index contributed by atoms with van der Waals surface area (Å²) >= 11 is 0. The number of nitrogens with zero attached hydrogens (tertiary/aromatic N) is 3. The van der Waals surface area contributed by atoms with Crippen molar-refractivity contribution in [3.05, 3.63) is 53.7 Å². The second-order valence-electron chi connectivity index (χ2n) is 9.78. The second kappa shape index (κ2) is 7.98. The number of hydrogen-bond acceptors (Lipinski definition) is 4. The van der Waals surface area contributed by atoms with Gasteiger partial charge in [-0.15, -0.1) is 0 Å². The summed E-state index contributed by atoms with van der Waals surface area (Å²) in [5.41, 5.74) is 2.74. The number of nitrogens with one attached hydrogen (secondary N) is 1. The van der Waals surface area contributed by atoms with Gasteiger partial charge in [0.15, 0.2) is 0 Å². The molecule has 0 saturated heterocycles. The van der Waals surface area contributed by atoms with Crippen LogP contribution in [0.15, 0.2) is 36.8 Å². The summed E-state index contributed by atoms with van der Waals surface area (Å²) in [5.74, 6) is -0.443. The monoisotopic (exact) mass is 454 g/mol. The number of pyridine rings is 1. The van der Waals surface area contributed by atoms with Crippen molar-refractivity contribution >= 4 is 20.9 Å². The lowest BCUT2D eigenvalue weighted by atomic mass is 9.96. The zero-order valence-corrected chi connectivity index (χ0v) is 19.5. The molecule has 1 atom stereocenters. The third kappa shape index (κ3) is 4.54. The molecular formula is C24H27FN4O2S. The summed E-state index contributed by atoms with van der Waals surface area (Å²) in [6, 6.07) is 6.38. The van der Waals surface area contributed by atoms with Gasteiger partial charge >= 0.3 is 0 Å². The van der Waals surface area contributed by atoms with Crippen molar-refractivity contribution < 1.29 is 12.8 Å². The lowest BCUT2D eigenvalue weighted by Crippen LogP contribution is -2.29. The van der Waals surface area contributed by atoms with Crippen LogP contribution in [0.3, 0.4) is 0 Å². The molecule has 32 heavy (non-hydrogen) atoms. The van der Waals surface area contributed by atoms with Crippen LogP contribution in [0.2, 0.25) is 0 Å². The molecule has 1 aromatic carbocycles. The van der Waals surface area contributed by atoms with Crippen molar-refractivity contribution in [3.8, 4) is 17.2 Å². The topological polar surface area (TPSA) is 87.8 Å². The number of fused-ring (bicyclic) bond motifs is 1. The first-order valence-corrected chi connectivity index (χ1v) is 12.2.